The standard InChI is InChI=1S/C10H10F3NO3S/c11-10(12,13)18-4-3-17-8-2-1-6(9(15)16)5-7(8)14/h1-2,5H,3-4,14H2,(H,15,16). The van der Waals surface area contributed by atoms with Crippen molar-refractivity contribution in [3.63, 3.8) is 0 Å². The van der Waals surface area contributed by atoms with Crippen molar-refractivity contribution in [3.8, 4) is 5.75 Å². The SMILES string of the molecule is Nc1cc(C(=O)O)ccc1OCCSC(F)(F)F. The van der Waals surface area contributed by atoms with Crippen LogP contribution in [-0.4, -0.2) is 28.9 Å². The lowest BCUT2D eigenvalue weighted by atomic mass is 10.2. The first-order valence-electron chi connectivity index (χ1n) is 4.76. The Morgan fingerprint density at radius 3 is 2.61 bits per heavy atom. The van der Waals surface area contributed by atoms with E-state index >= 15 is 0 Å². The smallest absolute Gasteiger partial charge is 0.441 e. The molecule has 1 aromatic carbocycles. The number of ether oxygens (including phenoxy) is 1. The average Bonchev–Trinajstić information content (AvgIpc) is 2.24. The van der Waals surface area contributed by atoms with Gasteiger partial charge in [-0.25, -0.2) is 4.79 Å². The van der Waals surface area contributed by atoms with E-state index in [1.807, 2.05) is 0 Å². The monoisotopic (exact) mass is 281 g/mol. The summed E-state index contributed by atoms with van der Waals surface area (Å²) >= 11 is -0.193. The highest BCUT2D eigenvalue weighted by Crippen LogP contribution is 2.30. The van der Waals surface area contributed by atoms with E-state index in [1.54, 1.807) is 0 Å². The summed E-state index contributed by atoms with van der Waals surface area (Å²) in [5.41, 5.74) is 1.29. The van der Waals surface area contributed by atoms with Crippen LogP contribution in [0.4, 0.5) is 18.9 Å². The van der Waals surface area contributed by atoms with E-state index in [4.69, 9.17) is 15.6 Å². The second-order valence-corrected chi connectivity index (χ2v) is 4.36. The first-order chi connectivity index (χ1) is 8.29. The van der Waals surface area contributed by atoms with Crippen LogP contribution in [0.15, 0.2) is 18.2 Å². The number of halogens is 3. The zero-order valence-electron chi connectivity index (χ0n) is 9.03. The Morgan fingerprint density at radius 1 is 1.44 bits per heavy atom. The molecule has 0 bridgehead atoms. The van der Waals surface area contributed by atoms with Gasteiger partial charge in [0.1, 0.15) is 5.75 Å². The van der Waals surface area contributed by atoms with Gasteiger partial charge in [0.2, 0.25) is 0 Å². The lowest BCUT2D eigenvalue weighted by Crippen LogP contribution is -2.08. The Hall–Kier alpha value is -1.57. The summed E-state index contributed by atoms with van der Waals surface area (Å²) < 4.78 is 40.5. The molecule has 0 atom stereocenters. The molecule has 0 aliphatic heterocycles. The molecule has 0 fully saturated rings. The van der Waals surface area contributed by atoms with Crippen molar-refractivity contribution in [2.45, 2.75) is 5.51 Å². The first-order valence-corrected chi connectivity index (χ1v) is 5.74. The molecule has 0 heterocycles. The third-order valence-corrected chi connectivity index (χ3v) is 2.56. The fourth-order valence-electron chi connectivity index (χ4n) is 1.12. The number of anilines is 1. The quantitative estimate of drug-likeness (QED) is 0.641. The van der Waals surface area contributed by atoms with Gasteiger partial charge in [-0.05, 0) is 30.0 Å². The number of aromatic carboxylic acids is 1. The fourth-order valence-corrected chi connectivity index (χ4v) is 1.52. The van der Waals surface area contributed by atoms with Crippen LogP contribution in [0.3, 0.4) is 0 Å². The number of carbonyl (C=O) groups is 1. The summed E-state index contributed by atoms with van der Waals surface area (Å²) in [7, 11) is 0. The van der Waals surface area contributed by atoms with Gasteiger partial charge < -0.3 is 15.6 Å². The van der Waals surface area contributed by atoms with E-state index in [0.717, 1.165) is 0 Å². The molecular formula is C10H10F3NO3S. The summed E-state index contributed by atoms with van der Waals surface area (Å²) in [4.78, 5) is 10.6. The van der Waals surface area contributed by atoms with Crippen molar-refractivity contribution in [1.82, 2.24) is 0 Å². The summed E-state index contributed by atoms with van der Waals surface area (Å²) in [5.74, 6) is -1.23. The second-order valence-electron chi connectivity index (χ2n) is 3.20. The molecule has 0 aliphatic rings. The molecule has 0 saturated heterocycles. The molecule has 1 rings (SSSR count). The lowest BCUT2D eigenvalue weighted by molar-refractivity contribution is -0.0329. The van der Waals surface area contributed by atoms with E-state index in [-0.39, 0.29) is 41.1 Å². The minimum atomic E-state index is -4.29. The Bertz CT molecular complexity index is 437. The molecular weight excluding hydrogens is 271 g/mol. The maximum atomic E-state index is 11.8. The summed E-state index contributed by atoms with van der Waals surface area (Å²) in [6.07, 6.45) is 0. The molecule has 0 saturated carbocycles. The first kappa shape index (κ1) is 14.5. The van der Waals surface area contributed by atoms with Crippen molar-refractivity contribution in [2.24, 2.45) is 0 Å². The molecule has 0 aliphatic carbocycles. The number of nitrogen functional groups attached to an aromatic ring is 1. The predicted octanol–water partition coefficient (Wildman–Crippen LogP) is 2.60. The van der Waals surface area contributed by atoms with Crippen LogP contribution >= 0.6 is 11.8 Å². The number of hydrogen-bond donors (Lipinski definition) is 2. The van der Waals surface area contributed by atoms with E-state index in [1.165, 1.54) is 18.2 Å². The number of alkyl halides is 3. The van der Waals surface area contributed by atoms with Crippen LogP contribution in [0.25, 0.3) is 0 Å². The highest BCUT2D eigenvalue weighted by atomic mass is 32.2. The molecule has 0 aromatic heterocycles. The maximum Gasteiger partial charge on any atom is 0.441 e. The number of carboxylic acids is 1. The molecule has 100 valence electrons. The molecule has 4 nitrogen and oxygen atoms in total. The largest absolute Gasteiger partial charge is 0.491 e. The highest BCUT2D eigenvalue weighted by molar-refractivity contribution is 8.00. The van der Waals surface area contributed by atoms with Gasteiger partial charge in [0, 0.05) is 5.75 Å². The Morgan fingerprint density at radius 2 is 2.11 bits per heavy atom. The second kappa shape index (κ2) is 5.85. The summed E-state index contributed by atoms with van der Waals surface area (Å²) in [6.45, 7) is -0.166. The third-order valence-electron chi connectivity index (χ3n) is 1.86. The van der Waals surface area contributed by atoms with Gasteiger partial charge in [0.05, 0.1) is 17.9 Å². The van der Waals surface area contributed by atoms with Gasteiger partial charge in [0.25, 0.3) is 0 Å². The number of rotatable bonds is 5. The van der Waals surface area contributed by atoms with Gasteiger partial charge >= 0.3 is 11.5 Å². The van der Waals surface area contributed by atoms with Crippen molar-refractivity contribution in [2.75, 3.05) is 18.1 Å². The molecule has 1 aromatic rings. The third kappa shape index (κ3) is 4.74. The van der Waals surface area contributed by atoms with Gasteiger partial charge in [-0.2, -0.15) is 13.2 Å². The van der Waals surface area contributed by atoms with Gasteiger partial charge in [-0.15, -0.1) is 0 Å². The number of nitrogens with two attached hydrogens (primary N) is 1. The molecule has 0 radical (unpaired) electrons. The van der Waals surface area contributed by atoms with E-state index < -0.39 is 11.5 Å². The zero-order chi connectivity index (χ0) is 13.8. The van der Waals surface area contributed by atoms with Crippen molar-refractivity contribution in [1.29, 1.82) is 0 Å². The summed E-state index contributed by atoms with van der Waals surface area (Å²) in [5, 5.41) is 8.68. The minimum Gasteiger partial charge on any atom is -0.491 e. The molecule has 3 N–H and O–H groups in total. The number of benzene rings is 1. The van der Waals surface area contributed by atoms with Crippen molar-refractivity contribution in [3.05, 3.63) is 23.8 Å². The minimum absolute atomic E-state index is 0.00971. The van der Waals surface area contributed by atoms with E-state index in [0.29, 0.717) is 0 Å². The van der Waals surface area contributed by atoms with E-state index in [2.05, 4.69) is 0 Å². The Balaban J connectivity index is 2.51. The van der Waals surface area contributed by atoms with Crippen LogP contribution in [0, 0.1) is 0 Å². The molecule has 0 amide bonds. The van der Waals surface area contributed by atoms with Crippen LogP contribution in [0.5, 0.6) is 5.75 Å². The number of hydrogen-bond acceptors (Lipinski definition) is 4. The fraction of sp³-hybridized carbons (Fsp3) is 0.300. The van der Waals surface area contributed by atoms with Crippen molar-refractivity contribution < 1.29 is 27.8 Å². The molecule has 18 heavy (non-hydrogen) atoms. The Kier molecular flexibility index (Phi) is 4.71. The highest BCUT2D eigenvalue weighted by Gasteiger charge is 2.27. The van der Waals surface area contributed by atoms with Crippen molar-refractivity contribution >= 4 is 23.4 Å². The maximum absolute atomic E-state index is 11.8. The number of carboxylic acid groups (broad SMARTS) is 1. The molecule has 0 unspecified atom stereocenters. The van der Waals surface area contributed by atoms with Crippen LogP contribution in [-0.2, 0) is 0 Å². The van der Waals surface area contributed by atoms with E-state index in [9.17, 15) is 18.0 Å². The number of thioether (sulfide) groups is 1. The summed E-state index contributed by atoms with van der Waals surface area (Å²) in [6, 6.07) is 3.77. The zero-order valence-corrected chi connectivity index (χ0v) is 9.85. The van der Waals surface area contributed by atoms with Gasteiger partial charge in [-0.3, -0.25) is 0 Å². The normalized spacial score (nSPS) is 11.3. The predicted molar refractivity (Wildman–Crippen MR) is 61.8 cm³/mol. The van der Waals surface area contributed by atoms with Crippen LogP contribution in [0.1, 0.15) is 10.4 Å². The average molecular weight is 281 g/mol. The van der Waals surface area contributed by atoms with Gasteiger partial charge in [-0.1, -0.05) is 0 Å². The lowest BCUT2D eigenvalue weighted by Gasteiger charge is -2.10. The molecule has 0 spiro atoms. The van der Waals surface area contributed by atoms with Crippen LogP contribution in [0.2, 0.25) is 0 Å². The van der Waals surface area contributed by atoms with Gasteiger partial charge in [0.15, 0.2) is 0 Å². The molecule has 8 heteroatoms. The van der Waals surface area contributed by atoms with Crippen LogP contribution < -0.4 is 10.5 Å². The topological polar surface area (TPSA) is 72.6 Å². The Labute approximate surface area is 105 Å².